The zero-order valence-electron chi connectivity index (χ0n) is 11.1. The summed E-state index contributed by atoms with van der Waals surface area (Å²) in [5, 5.41) is 3.63. The van der Waals surface area contributed by atoms with Crippen LogP contribution in [0.3, 0.4) is 0 Å². The third kappa shape index (κ3) is 2.87. The van der Waals surface area contributed by atoms with Gasteiger partial charge in [0.15, 0.2) is 0 Å². The van der Waals surface area contributed by atoms with Gasteiger partial charge in [0.05, 0.1) is 13.2 Å². The summed E-state index contributed by atoms with van der Waals surface area (Å²) in [6, 6.07) is 6.20. The number of methoxy groups -OCH3 is 1. The van der Waals surface area contributed by atoms with Crippen molar-refractivity contribution in [2.24, 2.45) is 5.11 Å². The number of para-hydroxylation sites is 1. The van der Waals surface area contributed by atoms with E-state index >= 15 is 0 Å². The molecule has 1 heterocycles. The highest BCUT2D eigenvalue weighted by Gasteiger charge is 2.31. The Morgan fingerprint density at radius 2 is 2.20 bits per heavy atom. The maximum absolute atomic E-state index is 12.6. The molecule has 1 atom stereocenters. The Morgan fingerprint density at radius 3 is 2.90 bits per heavy atom. The van der Waals surface area contributed by atoms with Crippen LogP contribution in [0.15, 0.2) is 34.3 Å². The highest BCUT2D eigenvalue weighted by molar-refractivity contribution is 7.89. The Labute approximate surface area is 117 Å². The number of benzene rings is 1. The van der Waals surface area contributed by atoms with Gasteiger partial charge >= 0.3 is 0 Å². The molecule has 8 heteroatoms. The minimum absolute atomic E-state index is 0.143. The normalized spacial score (nSPS) is 20.1. The Kier molecular flexibility index (Phi) is 4.49. The van der Waals surface area contributed by atoms with Gasteiger partial charge in [0.2, 0.25) is 10.0 Å². The Bertz CT molecular complexity index is 625. The number of hydrogen-bond donors (Lipinski definition) is 0. The van der Waals surface area contributed by atoms with Crippen LogP contribution in [0.4, 0.5) is 0 Å². The highest BCUT2D eigenvalue weighted by atomic mass is 32.2. The van der Waals surface area contributed by atoms with Gasteiger partial charge in [-0.3, -0.25) is 0 Å². The summed E-state index contributed by atoms with van der Waals surface area (Å²) >= 11 is 0. The van der Waals surface area contributed by atoms with Gasteiger partial charge in [-0.25, -0.2) is 8.42 Å². The SMILES string of the molecule is COc1ccccc1S(=O)(=O)N1CCCC(N=[N+]=[N-])C1. The zero-order valence-corrected chi connectivity index (χ0v) is 12.0. The molecule has 1 aliphatic heterocycles. The maximum atomic E-state index is 12.6. The van der Waals surface area contributed by atoms with Crippen LogP contribution in [0.1, 0.15) is 12.8 Å². The second kappa shape index (κ2) is 6.13. The van der Waals surface area contributed by atoms with E-state index in [1.165, 1.54) is 17.5 Å². The summed E-state index contributed by atoms with van der Waals surface area (Å²) in [6.45, 7) is 0.641. The van der Waals surface area contributed by atoms with E-state index in [0.717, 1.165) is 0 Å². The minimum atomic E-state index is -3.63. The van der Waals surface area contributed by atoms with Gasteiger partial charge in [-0.2, -0.15) is 4.31 Å². The number of ether oxygens (including phenoxy) is 1. The molecular formula is C12H16N4O3S. The van der Waals surface area contributed by atoms with Gasteiger partial charge in [0.1, 0.15) is 10.6 Å². The van der Waals surface area contributed by atoms with E-state index in [1.807, 2.05) is 0 Å². The first-order valence-electron chi connectivity index (χ1n) is 6.27. The average molecular weight is 296 g/mol. The van der Waals surface area contributed by atoms with E-state index in [1.54, 1.807) is 18.2 Å². The number of nitrogens with zero attached hydrogens (tertiary/aromatic N) is 4. The lowest BCUT2D eigenvalue weighted by Gasteiger charge is -2.30. The number of rotatable bonds is 4. The summed E-state index contributed by atoms with van der Waals surface area (Å²) in [5.74, 6) is 0.318. The van der Waals surface area contributed by atoms with Crippen molar-refractivity contribution in [3.8, 4) is 5.75 Å². The molecule has 7 nitrogen and oxygen atoms in total. The summed E-state index contributed by atoms with van der Waals surface area (Å²) in [4.78, 5) is 2.90. The van der Waals surface area contributed by atoms with Crippen molar-refractivity contribution in [3.63, 3.8) is 0 Å². The molecule has 0 aliphatic carbocycles. The molecular weight excluding hydrogens is 280 g/mol. The maximum Gasteiger partial charge on any atom is 0.246 e. The molecule has 1 fully saturated rings. The van der Waals surface area contributed by atoms with E-state index in [0.29, 0.717) is 25.1 Å². The first-order chi connectivity index (χ1) is 9.59. The van der Waals surface area contributed by atoms with E-state index in [-0.39, 0.29) is 17.5 Å². The van der Waals surface area contributed by atoms with Gasteiger partial charge in [-0.05, 0) is 30.5 Å². The summed E-state index contributed by atoms with van der Waals surface area (Å²) in [7, 11) is -2.19. The largest absolute Gasteiger partial charge is 0.495 e. The Hall–Kier alpha value is -1.76. The molecule has 1 aromatic rings. The van der Waals surface area contributed by atoms with E-state index in [9.17, 15) is 8.42 Å². The highest BCUT2D eigenvalue weighted by Crippen LogP contribution is 2.28. The van der Waals surface area contributed by atoms with Crippen molar-refractivity contribution in [1.82, 2.24) is 4.31 Å². The quantitative estimate of drug-likeness (QED) is 0.484. The smallest absolute Gasteiger partial charge is 0.246 e. The molecule has 108 valence electrons. The average Bonchev–Trinajstić information content (AvgIpc) is 2.48. The molecule has 0 saturated carbocycles. The molecule has 0 spiro atoms. The predicted octanol–water partition coefficient (Wildman–Crippen LogP) is 2.16. The van der Waals surface area contributed by atoms with Crippen LogP contribution < -0.4 is 4.74 Å². The summed E-state index contributed by atoms with van der Waals surface area (Å²) < 4.78 is 31.7. The van der Waals surface area contributed by atoms with Gasteiger partial charge in [-0.1, -0.05) is 17.2 Å². The molecule has 0 radical (unpaired) electrons. The molecule has 20 heavy (non-hydrogen) atoms. The fraction of sp³-hybridized carbons (Fsp3) is 0.500. The van der Waals surface area contributed by atoms with Crippen LogP contribution in [0.2, 0.25) is 0 Å². The third-order valence-electron chi connectivity index (χ3n) is 3.26. The van der Waals surface area contributed by atoms with Gasteiger partial charge in [0.25, 0.3) is 0 Å². The second-order valence-electron chi connectivity index (χ2n) is 4.51. The fourth-order valence-electron chi connectivity index (χ4n) is 2.28. The van der Waals surface area contributed by atoms with Gasteiger partial charge in [-0.15, -0.1) is 0 Å². The zero-order chi connectivity index (χ0) is 14.6. The van der Waals surface area contributed by atoms with E-state index in [2.05, 4.69) is 10.0 Å². The standard InChI is InChI=1S/C12H16N4O3S/c1-19-11-6-2-3-7-12(11)20(17,18)16-8-4-5-10(9-16)14-15-13/h2-3,6-7,10H,4-5,8-9H2,1H3. The first-order valence-corrected chi connectivity index (χ1v) is 7.71. The lowest BCUT2D eigenvalue weighted by atomic mass is 10.1. The molecule has 0 bridgehead atoms. The summed E-state index contributed by atoms with van der Waals surface area (Å²) in [6.07, 6.45) is 1.39. The Morgan fingerprint density at radius 1 is 1.45 bits per heavy atom. The van der Waals surface area contributed by atoms with Crippen molar-refractivity contribution in [2.45, 2.75) is 23.8 Å². The van der Waals surface area contributed by atoms with Crippen molar-refractivity contribution in [3.05, 3.63) is 34.7 Å². The summed E-state index contributed by atoms with van der Waals surface area (Å²) in [5.41, 5.74) is 8.48. The topological polar surface area (TPSA) is 95.4 Å². The first kappa shape index (κ1) is 14.6. The van der Waals surface area contributed by atoms with Crippen LogP contribution in [0.25, 0.3) is 10.4 Å². The van der Waals surface area contributed by atoms with Crippen molar-refractivity contribution in [2.75, 3.05) is 20.2 Å². The number of hydrogen-bond acceptors (Lipinski definition) is 4. The monoisotopic (exact) mass is 296 g/mol. The fourth-order valence-corrected chi connectivity index (χ4v) is 3.95. The van der Waals surface area contributed by atoms with E-state index in [4.69, 9.17) is 10.3 Å². The molecule has 1 aromatic carbocycles. The van der Waals surface area contributed by atoms with Gasteiger partial charge in [0, 0.05) is 18.0 Å². The van der Waals surface area contributed by atoms with Crippen molar-refractivity contribution < 1.29 is 13.2 Å². The number of piperidine rings is 1. The van der Waals surface area contributed by atoms with Crippen LogP contribution in [0.5, 0.6) is 5.75 Å². The van der Waals surface area contributed by atoms with Crippen LogP contribution >= 0.6 is 0 Å². The molecule has 0 N–H and O–H groups in total. The van der Waals surface area contributed by atoms with Crippen LogP contribution in [0, 0.1) is 0 Å². The molecule has 0 amide bonds. The lowest BCUT2D eigenvalue weighted by Crippen LogP contribution is -2.41. The molecule has 1 unspecified atom stereocenters. The predicted molar refractivity (Wildman–Crippen MR) is 73.9 cm³/mol. The molecule has 1 saturated heterocycles. The molecule has 2 rings (SSSR count). The molecule has 0 aromatic heterocycles. The van der Waals surface area contributed by atoms with Gasteiger partial charge < -0.3 is 4.74 Å². The van der Waals surface area contributed by atoms with Crippen LogP contribution in [-0.2, 0) is 10.0 Å². The van der Waals surface area contributed by atoms with Crippen LogP contribution in [-0.4, -0.2) is 39.0 Å². The number of azide groups is 1. The van der Waals surface area contributed by atoms with Crippen molar-refractivity contribution in [1.29, 1.82) is 0 Å². The Balaban J connectivity index is 2.32. The lowest BCUT2D eigenvalue weighted by molar-refractivity contribution is 0.314. The van der Waals surface area contributed by atoms with E-state index < -0.39 is 10.0 Å². The third-order valence-corrected chi connectivity index (χ3v) is 5.17. The minimum Gasteiger partial charge on any atom is -0.495 e. The van der Waals surface area contributed by atoms with Crippen molar-refractivity contribution >= 4 is 10.0 Å². The number of sulfonamides is 1. The second-order valence-corrected chi connectivity index (χ2v) is 6.42. The molecule has 1 aliphatic rings.